The molecule has 0 spiro atoms. The van der Waals surface area contributed by atoms with Crippen molar-refractivity contribution in [2.45, 2.75) is 13.0 Å². The lowest BCUT2D eigenvalue weighted by Crippen LogP contribution is -2.17. The molecule has 0 aliphatic heterocycles. The van der Waals surface area contributed by atoms with E-state index >= 15 is 0 Å². The van der Waals surface area contributed by atoms with Crippen LogP contribution in [0.1, 0.15) is 32.6 Å². The van der Waals surface area contributed by atoms with Crippen LogP contribution in [0.3, 0.4) is 0 Å². The molecule has 150 valence electrons. The Kier molecular flexibility index (Phi) is 6.05. The van der Waals surface area contributed by atoms with Crippen LogP contribution in [0.2, 0.25) is 0 Å². The van der Waals surface area contributed by atoms with Gasteiger partial charge in [-0.3, -0.25) is 0 Å². The summed E-state index contributed by atoms with van der Waals surface area (Å²) in [6.45, 7) is 1.51. The van der Waals surface area contributed by atoms with Gasteiger partial charge in [-0.05, 0) is 58.7 Å². The van der Waals surface area contributed by atoms with Crippen LogP contribution in [0.25, 0.3) is 22.9 Å². The molecule has 0 radical (unpaired) electrons. The number of aryl methyl sites for hydroxylation is 1. The monoisotopic (exact) mass is 418 g/mol. The third-order valence-electron chi connectivity index (χ3n) is 4.42. The first-order valence-electron chi connectivity index (χ1n) is 8.47. The molecule has 0 saturated heterocycles. The van der Waals surface area contributed by atoms with Gasteiger partial charge in [0.15, 0.2) is 0 Å². The Bertz CT molecular complexity index is 1100. The molecule has 29 heavy (non-hydrogen) atoms. The van der Waals surface area contributed by atoms with E-state index in [2.05, 4.69) is 4.52 Å². The summed E-state index contributed by atoms with van der Waals surface area (Å²) < 4.78 is 32.2. The smallest absolute Gasteiger partial charge is 0.389 e. The van der Waals surface area contributed by atoms with Crippen molar-refractivity contribution < 1.29 is 33.0 Å². The number of hydrogen-bond donors (Lipinski definition) is 3. The molecule has 0 bridgehead atoms. The van der Waals surface area contributed by atoms with Crippen LogP contribution < -0.4 is 0 Å². The Balaban J connectivity index is 1.92. The van der Waals surface area contributed by atoms with Gasteiger partial charge in [-0.25, -0.2) is 9.32 Å². The topological polar surface area (TPSA) is 87.0 Å². The van der Waals surface area contributed by atoms with E-state index in [1.54, 1.807) is 42.5 Å². The Morgan fingerprint density at radius 3 is 2.38 bits per heavy atom. The minimum absolute atomic E-state index is 0.186. The molecule has 0 atom stereocenters. The van der Waals surface area contributed by atoms with E-state index in [-0.39, 0.29) is 11.1 Å². The van der Waals surface area contributed by atoms with Crippen molar-refractivity contribution in [1.29, 1.82) is 0 Å². The third kappa shape index (κ3) is 4.83. The predicted octanol–water partition coefficient (Wildman–Crippen LogP) is 5.29. The highest BCUT2D eigenvalue weighted by atomic mass is 31.2. The van der Waals surface area contributed by atoms with E-state index in [0.29, 0.717) is 5.39 Å². The maximum atomic E-state index is 14.1. The van der Waals surface area contributed by atoms with E-state index in [0.717, 1.165) is 16.5 Å². The van der Waals surface area contributed by atoms with Crippen LogP contribution in [0.15, 0.2) is 54.6 Å². The molecular formula is C21H17F2O5P. The Morgan fingerprint density at radius 2 is 1.72 bits per heavy atom. The van der Waals surface area contributed by atoms with Crippen molar-refractivity contribution in [3.05, 3.63) is 82.4 Å². The molecule has 0 unspecified atom stereocenters. The molecule has 3 aromatic rings. The summed E-state index contributed by atoms with van der Waals surface area (Å²) in [7, 11) is -3.20. The first-order valence-corrected chi connectivity index (χ1v) is 9.64. The van der Waals surface area contributed by atoms with Gasteiger partial charge < -0.3 is 14.9 Å². The number of aromatic carboxylic acids is 1. The first kappa shape index (κ1) is 21.0. The second-order valence-electron chi connectivity index (χ2n) is 6.34. The highest BCUT2D eigenvalue weighted by molar-refractivity contribution is 7.39. The fourth-order valence-electron chi connectivity index (χ4n) is 3.04. The van der Waals surface area contributed by atoms with E-state index in [1.165, 1.54) is 25.1 Å². The summed E-state index contributed by atoms with van der Waals surface area (Å²) in [5.74, 6) is -1.01. The van der Waals surface area contributed by atoms with Gasteiger partial charge in [0.25, 0.3) is 0 Å². The number of carbonyl (C=O) groups is 1. The maximum Gasteiger partial charge on any atom is 0.389 e. The Hall–Kier alpha value is -2.70. The van der Waals surface area contributed by atoms with Crippen LogP contribution in [-0.4, -0.2) is 20.9 Å². The van der Waals surface area contributed by atoms with Gasteiger partial charge in [-0.2, -0.15) is 8.78 Å². The van der Waals surface area contributed by atoms with Gasteiger partial charge in [-0.1, -0.05) is 42.5 Å². The van der Waals surface area contributed by atoms with Crippen molar-refractivity contribution in [2.24, 2.45) is 0 Å². The number of rotatable bonds is 6. The highest BCUT2D eigenvalue weighted by Gasteiger charge is 2.38. The quantitative estimate of drug-likeness (QED) is 0.374. The SMILES string of the molecule is Cc1c(C(F)(F)OP(O)O)ccc2cc(/C=C/c3cccc(C(=O)O)c3)ccc12. The summed E-state index contributed by atoms with van der Waals surface area (Å²) in [5.41, 5.74) is 1.55. The zero-order valence-electron chi connectivity index (χ0n) is 15.2. The van der Waals surface area contributed by atoms with Crippen molar-refractivity contribution in [2.75, 3.05) is 0 Å². The maximum absolute atomic E-state index is 14.1. The van der Waals surface area contributed by atoms with Gasteiger partial charge >= 0.3 is 20.7 Å². The molecule has 0 heterocycles. The molecule has 3 N–H and O–H groups in total. The molecular weight excluding hydrogens is 401 g/mol. The second-order valence-corrected chi connectivity index (χ2v) is 7.03. The lowest BCUT2D eigenvalue weighted by Gasteiger charge is -2.20. The lowest BCUT2D eigenvalue weighted by molar-refractivity contribution is -0.190. The highest BCUT2D eigenvalue weighted by Crippen LogP contribution is 2.43. The number of fused-ring (bicyclic) bond motifs is 1. The molecule has 0 aliphatic rings. The summed E-state index contributed by atoms with van der Waals surface area (Å²) in [4.78, 5) is 28.6. The average molecular weight is 418 g/mol. The minimum atomic E-state index is -3.82. The molecule has 8 heteroatoms. The molecule has 0 aromatic heterocycles. The second kappa shape index (κ2) is 8.35. The van der Waals surface area contributed by atoms with Crippen LogP contribution in [0, 0.1) is 6.92 Å². The van der Waals surface area contributed by atoms with Crippen molar-refractivity contribution in [1.82, 2.24) is 0 Å². The third-order valence-corrected chi connectivity index (χ3v) is 4.82. The van der Waals surface area contributed by atoms with Crippen LogP contribution in [0.4, 0.5) is 8.78 Å². The standard InChI is InChI=1S/C21H17F2O5P/c1-13-18-9-7-15(6-5-14-3-2-4-17(12-14)20(24)25)11-16(18)8-10-19(13)21(22,23)28-29(26)27/h2-12,26-27H,1H3,(H,24,25)/b6-5+. The molecule has 0 amide bonds. The Labute approximate surface area is 166 Å². The minimum Gasteiger partial charge on any atom is -0.478 e. The van der Waals surface area contributed by atoms with E-state index < -0.39 is 26.2 Å². The lowest BCUT2D eigenvalue weighted by atomic mass is 9.97. The number of alkyl halides is 2. The summed E-state index contributed by atoms with van der Waals surface area (Å²) >= 11 is 0. The number of halogens is 2. The largest absolute Gasteiger partial charge is 0.478 e. The van der Waals surface area contributed by atoms with E-state index in [9.17, 15) is 13.6 Å². The van der Waals surface area contributed by atoms with Crippen molar-refractivity contribution in [3.8, 4) is 0 Å². The molecule has 0 saturated carbocycles. The van der Waals surface area contributed by atoms with Gasteiger partial charge in [0.05, 0.1) is 11.1 Å². The number of carboxylic acids is 1. The van der Waals surface area contributed by atoms with Gasteiger partial charge in [-0.15, -0.1) is 0 Å². The summed E-state index contributed by atoms with van der Waals surface area (Å²) in [6, 6.07) is 14.4. The Morgan fingerprint density at radius 1 is 1.03 bits per heavy atom. The molecule has 0 aliphatic carbocycles. The van der Waals surface area contributed by atoms with Crippen molar-refractivity contribution >= 4 is 37.5 Å². The van der Waals surface area contributed by atoms with Gasteiger partial charge in [0, 0.05) is 0 Å². The average Bonchev–Trinajstić information content (AvgIpc) is 2.65. The summed E-state index contributed by atoms with van der Waals surface area (Å²) in [5, 5.41) is 10.4. The fraction of sp³-hybridized carbons (Fsp3) is 0.0952. The van der Waals surface area contributed by atoms with Crippen LogP contribution in [0.5, 0.6) is 0 Å². The number of hydrogen-bond acceptors (Lipinski definition) is 4. The molecule has 5 nitrogen and oxygen atoms in total. The van der Waals surface area contributed by atoms with Crippen LogP contribution >= 0.6 is 8.60 Å². The first-order chi connectivity index (χ1) is 13.7. The predicted molar refractivity (Wildman–Crippen MR) is 107 cm³/mol. The molecule has 0 fully saturated rings. The summed E-state index contributed by atoms with van der Waals surface area (Å²) in [6.07, 6.45) is -0.255. The number of carboxylic acid groups (broad SMARTS) is 1. The van der Waals surface area contributed by atoms with Crippen molar-refractivity contribution in [3.63, 3.8) is 0 Å². The molecule has 3 rings (SSSR count). The number of benzene rings is 3. The van der Waals surface area contributed by atoms with E-state index in [4.69, 9.17) is 14.9 Å². The normalized spacial score (nSPS) is 12.2. The van der Waals surface area contributed by atoms with Gasteiger partial charge in [0.2, 0.25) is 0 Å². The molecule has 3 aromatic carbocycles. The zero-order valence-corrected chi connectivity index (χ0v) is 16.1. The van der Waals surface area contributed by atoms with E-state index in [1.807, 2.05) is 6.07 Å². The van der Waals surface area contributed by atoms with Crippen LogP contribution in [-0.2, 0) is 10.6 Å². The van der Waals surface area contributed by atoms with Gasteiger partial charge in [0.1, 0.15) is 0 Å². The zero-order chi connectivity index (χ0) is 21.2. The fourth-order valence-corrected chi connectivity index (χ4v) is 3.35.